The first-order chi connectivity index (χ1) is 16.9. The van der Waals surface area contributed by atoms with Crippen LogP contribution < -0.4 is 19.5 Å². The van der Waals surface area contributed by atoms with Crippen molar-refractivity contribution >= 4 is 35.0 Å². The maximum absolute atomic E-state index is 13.2. The van der Waals surface area contributed by atoms with E-state index in [0.717, 1.165) is 11.1 Å². The van der Waals surface area contributed by atoms with Gasteiger partial charge in [-0.05, 0) is 54.4 Å². The first-order valence-electron chi connectivity index (χ1n) is 11.0. The summed E-state index contributed by atoms with van der Waals surface area (Å²) in [6.45, 7) is 2.08. The normalized spacial score (nSPS) is 12.7. The van der Waals surface area contributed by atoms with Crippen LogP contribution in [0.15, 0.2) is 66.7 Å². The van der Waals surface area contributed by atoms with Gasteiger partial charge in [-0.1, -0.05) is 53.5 Å². The van der Waals surface area contributed by atoms with Crippen molar-refractivity contribution in [2.75, 3.05) is 13.4 Å². The Morgan fingerprint density at radius 2 is 1.71 bits per heavy atom. The minimum absolute atomic E-state index is 0.181. The van der Waals surface area contributed by atoms with Crippen LogP contribution >= 0.6 is 23.2 Å². The average Bonchev–Trinajstić information content (AvgIpc) is 3.34. The number of amides is 2. The van der Waals surface area contributed by atoms with E-state index in [2.05, 4.69) is 5.32 Å². The van der Waals surface area contributed by atoms with E-state index >= 15 is 0 Å². The lowest BCUT2D eigenvalue weighted by Gasteiger charge is -2.29. The Balaban J connectivity index is 1.44. The number of nitrogens with one attached hydrogen (secondary N) is 1. The number of halogens is 2. The van der Waals surface area contributed by atoms with Crippen LogP contribution in [0.3, 0.4) is 0 Å². The molecule has 1 heterocycles. The van der Waals surface area contributed by atoms with Gasteiger partial charge in [-0.3, -0.25) is 9.59 Å². The van der Waals surface area contributed by atoms with Crippen molar-refractivity contribution in [3.63, 3.8) is 0 Å². The average molecular weight is 515 g/mol. The first kappa shape index (κ1) is 24.7. The number of rotatable bonds is 9. The van der Waals surface area contributed by atoms with Gasteiger partial charge in [0.25, 0.3) is 5.91 Å². The highest BCUT2D eigenvalue weighted by atomic mass is 35.5. The molecule has 0 spiro atoms. The van der Waals surface area contributed by atoms with Crippen molar-refractivity contribution in [2.24, 2.45) is 0 Å². The van der Waals surface area contributed by atoms with Crippen LogP contribution in [0.25, 0.3) is 0 Å². The van der Waals surface area contributed by atoms with E-state index in [0.29, 0.717) is 27.3 Å². The van der Waals surface area contributed by atoms with Gasteiger partial charge in [0, 0.05) is 18.1 Å². The van der Waals surface area contributed by atoms with Gasteiger partial charge in [0.2, 0.25) is 12.7 Å². The Bertz CT molecular complexity index is 1200. The van der Waals surface area contributed by atoms with Crippen molar-refractivity contribution in [3.05, 3.63) is 87.9 Å². The third-order valence-corrected chi connectivity index (χ3v) is 6.09. The number of nitrogens with zero attached hydrogens (tertiary/aromatic N) is 1. The zero-order valence-corrected chi connectivity index (χ0v) is 20.5. The fourth-order valence-corrected chi connectivity index (χ4v) is 3.86. The molecule has 0 aliphatic carbocycles. The molecule has 0 aromatic heterocycles. The third-order valence-electron chi connectivity index (χ3n) is 5.52. The van der Waals surface area contributed by atoms with E-state index in [4.69, 9.17) is 37.4 Å². The molecule has 0 radical (unpaired) electrons. The molecular formula is C26H24Cl2N2O5. The van der Waals surface area contributed by atoms with Crippen LogP contribution in [0, 0.1) is 0 Å². The van der Waals surface area contributed by atoms with Crippen LogP contribution in [0.4, 0.5) is 0 Å². The standard InChI is InChI=1S/C26H24Cl2N2O5/c1-17(26(32)29-13-19-8-11-23-24(12-19)35-16-34-23)30(14-18-6-9-20(27)10-7-18)25(31)15-33-22-5-3-2-4-21(22)28/h2-12,17H,13-16H2,1H3,(H,29,32)/t17-/m0/s1. The summed E-state index contributed by atoms with van der Waals surface area (Å²) in [6.07, 6.45) is 0. The van der Waals surface area contributed by atoms with E-state index in [-0.39, 0.29) is 38.3 Å². The molecule has 3 aromatic rings. The molecular weight excluding hydrogens is 491 g/mol. The highest BCUT2D eigenvalue weighted by Gasteiger charge is 2.27. The lowest BCUT2D eigenvalue weighted by molar-refractivity contribution is -0.142. The van der Waals surface area contributed by atoms with E-state index in [9.17, 15) is 9.59 Å². The van der Waals surface area contributed by atoms with E-state index in [1.165, 1.54) is 4.90 Å². The summed E-state index contributed by atoms with van der Waals surface area (Å²) in [6, 6.07) is 18.7. The Morgan fingerprint density at radius 3 is 2.49 bits per heavy atom. The maximum atomic E-state index is 13.2. The molecule has 1 atom stereocenters. The molecule has 7 nitrogen and oxygen atoms in total. The summed E-state index contributed by atoms with van der Waals surface area (Å²) in [4.78, 5) is 27.7. The smallest absolute Gasteiger partial charge is 0.261 e. The van der Waals surface area contributed by atoms with Crippen molar-refractivity contribution in [1.29, 1.82) is 0 Å². The molecule has 1 N–H and O–H groups in total. The largest absolute Gasteiger partial charge is 0.482 e. The lowest BCUT2D eigenvalue weighted by atomic mass is 10.1. The molecule has 0 unspecified atom stereocenters. The molecule has 9 heteroatoms. The molecule has 182 valence electrons. The van der Waals surface area contributed by atoms with Crippen LogP contribution in [0.1, 0.15) is 18.1 Å². The number of carbonyl (C=O) groups excluding carboxylic acids is 2. The molecule has 1 aliphatic rings. The zero-order chi connectivity index (χ0) is 24.8. The molecule has 4 rings (SSSR count). The quantitative estimate of drug-likeness (QED) is 0.442. The number of benzene rings is 3. The summed E-state index contributed by atoms with van der Waals surface area (Å²) in [5.41, 5.74) is 1.68. The number of hydrogen-bond acceptors (Lipinski definition) is 5. The lowest BCUT2D eigenvalue weighted by Crippen LogP contribution is -2.48. The minimum Gasteiger partial charge on any atom is -0.482 e. The van der Waals surface area contributed by atoms with Crippen molar-refractivity contribution in [3.8, 4) is 17.2 Å². The number of carbonyl (C=O) groups is 2. The van der Waals surface area contributed by atoms with Crippen LogP contribution in [-0.2, 0) is 22.7 Å². The predicted octanol–water partition coefficient (Wildman–Crippen LogP) is 4.83. The van der Waals surface area contributed by atoms with Crippen molar-refractivity contribution in [1.82, 2.24) is 10.2 Å². The fourth-order valence-electron chi connectivity index (χ4n) is 3.54. The van der Waals surface area contributed by atoms with Crippen LogP contribution in [0.5, 0.6) is 17.2 Å². The Hall–Kier alpha value is -3.42. The maximum Gasteiger partial charge on any atom is 0.261 e. The predicted molar refractivity (Wildman–Crippen MR) is 133 cm³/mol. The summed E-state index contributed by atoms with van der Waals surface area (Å²) in [5, 5.41) is 3.88. The third kappa shape index (κ3) is 6.38. The van der Waals surface area contributed by atoms with Gasteiger partial charge >= 0.3 is 0 Å². The van der Waals surface area contributed by atoms with E-state index in [1.54, 1.807) is 49.4 Å². The molecule has 0 bridgehead atoms. The fraction of sp³-hybridized carbons (Fsp3) is 0.231. The van der Waals surface area contributed by atoms with Gasteiger partial charge in [0.1, 0.15) is 11.8 Å². The second-order valence-electron chi connectivity index (χ2n) is 7.95. The summed E-state index contributed by atoms with van der Waals surface area (Å²) >= 11 is 12.1. The summed E-state index contributed by atoms with van der Waals surface area (Å²) < 4.78 is 16.3. The van der Waals surface area contributed by atoms with Gasteiger partial charge in [-0.25, -0.2) is 0 Å². The topological polar surface area (TPSA) is 77.1 Å². The molecule has 2 amide bonds. The molecule has 3 aromatic carbocycles. The Morgan fingerprint density at radius 1 is 1.00 bits per heavy atom. The molecule has 0 fully saturated rings. The van der Waals surface area contributed by atoms with Gasteiger partial charge in [-0.15, -0.1) is 0 Å². The highest BCUT2D eigenvalue weighted by molar-refractivity contribution is 6.32. The summed E-state index contributed by atoms with van der Waals surface area (Å²) in [5.74, 6) is 1.05. The second kappa shape index (κ2) is 11.3. The first-order valence-corrected chi connectivity index (χ1v) is 11.7. The summed E-state index contributed by atoms with van der Waals surface area (Å²) in [7, 11) is 0. The molecule has 1 aliphatic heterocycles. The van der Waals surface area contributed by atoms with Gasteiger partial charge in [-0.2, -0.15) is 0 Å². The minimum atomic E-state index is -0.762. The molecule has 35 heavy (non-hydrogen) atoms. The van der Waals surface area contributed by atoms with Crippen LogP contribution in [0.2, 0.25) is 10.0 Å². The zero-order valence-electron chi connectivity index (χ0n) is 19.0. The monoisotopic (exact) mass is 514 g/mol. The second-order valence-corrected chi connectivity index (χ2v) is 8.79. The molecule has 0 saturated carbocycles. The van der Waals surface area contributed by atoms with Gasteiger partial charge in [0.05, 0.1) is 5.02 Å². The van der Waals surface area contributed by atoms with Crippen molar-refractivity contribution in [2.45, 2.75) is 26.1 Å². The number of para-hydroxylation sites is 1. The Kier molecular flexibility index (Phi) is 8.00. The number of hydrogen-bond donors (Lipinski definition) is 1. The number of fused-ring (bicyclic) bond motifs is 1. The van der Waals surface area contributed by atoms with E-state index in [1.807, 2.05) is 24.3 Å². The van der Waals surface area contributed by atoms with Crippen molar-refractivity contribution < 1.29 is 23.8 Å². The van der Waals surface area contributed by atoms with Gasteiger partial charge in [0.15, 0.2) is 18.1 Å². The van der Waals surface area contributed by atoms with Crippen LogP contribution in [-0.4, -0.2) is 36.2 Å². The number of ether oxygens (including phenoxy) is 3. The molecule has 0 saturated heterocycles. The van der Waals surface area contributed by atoms with Gasteiger partial charge < -0.3 is 24.4 Å². The highest BCUT2D eigenvalue weighted by Crippen LogP contribution is 2.32. The SMILES string of the molecule is C[C@@H](C(=O)NCc1ccc2c(c1)OCO2)N(Cc1ccc(Cl)cc1)C(=O)COc1ccccc1Cl. The Labute approximate surface area is 213 Å². The van der Waals surface area contributed by atoms with E-state index < -0.39 is 6.04 Å².